The highest BCUT2D eigenvalue weighted by Gasteiger charge is 2.18. The Morgan fingerprint density at radius 3 is 2.68 bits per heavy atom. The molecule has 0 spiro atoms. The summed E-state index contributed by atoms with van der Waals surface area (Å²) in [6, 6.07) is 8.35. The number of likely N-dealkylation sites (tertiary alicyclic amines) is 1. The molecule has 3 heterocycles. The fourth-order valence-corrected chi connectivity index (χ4v) is 3.35. The van der Waals surface area contributed by atoms with Crippen LogP contribution in [-0.4, -0.2) is 33.1 Å². The van der Waals surface area contributed by atoms with Crippen LogP contribution in [0.3, 0.4) is 0 Å². The highest BCUT2D eigenvalue weighted by Crippen LogP contribution is 2.26. The first-order chi connectivity index (χ1) is 12.2. The van der Waals surface area contributed by atoms with Gasteiger partial charge in [0, 0.05) is 19.0 Å². The van der Waals surface area contributed by atoms with Crippen molar-refractivity contribution in [1.82, 2.24) is 20.0 Å². The van der Waals surface area contributed by atoms with Crippen LogP contribution in [0.25, 0.3) is 23.0 Å². The van der Waals surface area contributed by atoms with E-state index >= 15 is 0 Å². The van der Waals surface area contributed by atoms with Gasteiger partial charge in [0.15, 0.2) is 5.89 Å². The Balaban J connectivity index is 1.56. The van der Waals surface area contributed by atoms with E-state index in [4.69, 9.17) is 8.94 Å². The van der Waals surface area contributed by atoms with Crippen LogP contribution in [0, 0.1) is 13.8 Å². The number of hydrogen-bond donors (Lipinski definition) is 0. The van der Waals surface area contributed by atoms with Crippen molar-refractivity contribution >= 4 is 0 Å². The van der Waals surface area contributed by atoms with Crippen LogP contribution < -0.4 is 0 Å². The Morgan fingerprint density at radius 2 is 1.92 bits per heavy atom. The maximum absolute atomic E-state index is 5.56. The third-order valence-electron chi connectivity index (χ3n) is 4.56. The number of piperidine rings is 1. The number of benzene rings is 1. The predicted octanol–water partition coefficient (Wildman–Crippen LogP) is 3.99. The van der Waals surface area contributed by atoms with E-state index < -0.39 is 0 Å². The summed E-state index contributed by atoms with van der Waals surface area (Å²) in [5.41, 5.74) is 2.99. The SMILES string of the molecule is Cc1nc(C)c(-c2nc(-c3cccc(CN4CCCCC4)c3)no2)o1. The molecule has 0 saturated carbocycles. The van der Waals surface area contributed by atoms with Crippen molar-refractivity contribution in [1.29, 1.82) is 0 Å². The molecule has 2 aromatic heterocycles. The molecule has 0 amide bonds. The van der Waals surface area contributed by atoms with Crippen molar-refractivity contribution in [2.75, 3.05) is 13.1 Å². The smallest absolute Gasteiger partial charge is 0.295 e. The summed E-state index contributed by atoms with van der Waals surface area (Å²) in [7, 11) is 0. The molecule has 6 nitrogen and oxygen atoms in total. The number of oxazole rings is 1. The molecule has 25 heavy (non-hydrogen) atoms. The Morgan fingerprint density at radius 1 is 1.08 bits per heavy atom. The van der Waals surface area contributed by atoms with Crippen molar-refractivity contribution in [3.05, 3.63) is 41.4 Å². The van der Waals surface area contributed by atoms with Gasteiger partial charge in [-0.15, -0.1) is 0 Å². The second-order valence-electron chi connectivity index (χ2n) is 6.61. The summed E-state index contributed by atoms with van der Waals surface area (Å²) in [5.74, 6) is 2.08. The molecule has 130 valence electrons. The van der Waals surface area contributed by atoms with Gasteiger partial charge in [-0.25, -0.2) is 4.98 Å². The van der Waals surface area contributed by atoms with E-state index in [1.807, 2.05) is 13.0 Å². The van der Waals surface area contributed by atoms with Crippen LogP contribution in [-0.2, 0) is 6.54 Å². The first kappa shape index (κ1) is 16.0. The first-order valence-corrected chi connectivity index (χ1v) is 8.79. The van der Waals surface area contributed by atoms with Gasteiger partial charge in [-0.05, 0) is 44.5 Å². The molecule has 0 N–H and O–H groups in total. The van der Waals surface area contributed by atoms with Crippen LogP contribution in [0.15, 0.2) is 33.2 Å². The van der Waals surface area contributed by atoms with Crippen molar-refractivity contribution in [2.45, 2.75) is 39.7 Å². The summed E-state index contributed by atoms with van der Waals surface area (Å²) in [6.07, 6.45) is 3.94. The molecular formula is C19H22N4O2. The molecule has 1 aliphatic heterocycles. The van der Waals surface area contributed by atoms with Crippen LogP contribution >= 0.6 is 0 Å². The normalized spacial score (nSPS) is 15.6. The van der Waals surface area contributed by atoms with E-state index in [0.29, 0.717) is 23.4 Å². The number of nitrogens with zero attached hydrogens (tertiary/aromatic N) is 4. The quantitative estimate of drug-likeness (QED) is 0.716. The maximum atomic E-state index is 5.56. The molecule has 1 aromatic carbocycles. The lowest BCUT2D eigenvalue weighted by Crippen LogP contribution is -2.29. The average Bonchev–Trinajstić information content (AvgIpc) is 3.22. The lowest BCUT2D eigenvalue weighted by Gasteiger charge is -2.26. The fourth-order valence-electron chi connectivity index (χ4n) is 3.35. The van der Waals surface area contributed by atoms with Gasteiger partial charge in [0.25, 0.3) is 5.89 Å². The predicted molar refractivity (Wildman–Crippen MR) is 93.8 cm³/mol. The highest BCUT2D eigenvalue weighted by atomic mass is 16.5. The Hall–Kier alpha value is -2.47. The summed E-state index contributed by atoms with van der Waals surface area (Å²) in [6.45, 7) is 7.01. The molecule has 1 aliphatic rings. The van der Waals surface area contributed by atoms with Crippen LogP contribution in [0.1, 0.15) is 36.4 Å². The molecule has 1 saturated heterocycles. The number of aromatic nitrogens is 3. The average molecular weight is 338 g/mol. The van der Waals surface area contributed by atoms with Gasteiger partial charge in [0.2, 0.25) is 11.6 Å². The monoisotopic (exact) mass is 338 g/mol. The van der Waals surface area contributed by atoms with E-state index in [-0.39, 0.29) is 0 Å². The molecule has 4 rings (SSSR count). The molecule has 0 atom stereocenters. The summed E-state index contributed by atoms with van der Waals surface area (Å²) in [5, 5.41) is 4.11. The van der Waals surface area contributed by atoms with Gasteiger partial charge in [0.1, 0.15) is 0 Å². The van der Waals surface area contributed by atoms with Gasteiger partial charge in [-0.3, -0.25) is 4.90 Å². The van der Waals surface area contributed by atoms with Crippen LogP contribution in [0.4, 0.5) is 0 Å². The molecule has 0 unspecified atom stereocenters. The number of hydrogen-bond acceptors (Lipinski definition) is 6. The maximum Gasteiger partial charge on any atom is 0.295 e. The molecule has 0 aliphatic carbocycles. The lowest BCUT2D eigenvalue weighted by atomic mass is 10.1. The third-order valence-corrected chi connectivity index (χ3v) is 4.56. The number of rotatable bonds is 4. The van der Waals surface area contributed by atoms with Crippen LogP contribution in [0.5, 0.6) is 0 Å². The Labute approximate surface area is 146 Å². The van der Waals surface area contributed by atoms with Crippen molar-refractivity contribution in [3.63, 3.8) is 0 Å². The van der Waals surface area contributed by atoms with Gasteiger partial charge < -0.3 is 8.94 Å². The minimum Gasteiger partial charge on any atom is -0.436 e. The Bertz CT molecular complexity index is 862. The first-order valence-electron chi connectivity index (χ1n) is 8.79. The standard InChI is InChI=1S/C19H22N4O2/c1-13-17(24-14(2)20-13)19-21-18(22-25-19)16-8-6-7-15(11-16)12-23-9-4-3-5-10-23/h6-8,11H,3-5,9-10,12H2,1-2H3. The van der Waals surface area contributed by atoms with Gasteiger partial charge in [-0.2, -0.15) is 4.98 Å². The third kappa shape index (κ3) is 3.49. The minimum absolute atomic E-state index is 0.370. The van der Waals surface area contributed by atoms with E-state index in [1.54, 1.807) is 6.92 Å². The summed E-state index contributed by atoms with van der Waals surface area (Å²) < 4.78 is 10.9. The van der Waals surface area contributed by atoms with Gasteiger partial charge in [0.05, 0.1) is 5.69 Å². The van der Waals surface area contributed by atoms with Crippen molar-refractivity contribution in [2.24, 2.45) is 0 Å². The molecule has 1 fully saturated rings. The van der Waals surface area contributed by atoms with E-state index in [0.717, 1.165) is 17.8 Å². The Kier molecular flexibility index (Phi) is 4.36. The van der Waals surface area contributed by atoms with Crippen molar-refractivity contribution in [3.8, 4) is 23.0 Å². The molecule has 3 aromatic rings. The summed E-state index contributed by atoms with van der Waals surface area (Å²) >= 11 is 0. The second kappa shape index (κ2) is 6.80. The zero-order valence-corrected chi connectivity index (χ0v) is 14.7. The highest BCUT2D eigenvalue weighted by molar-refractivity contribution is 5.58. The largest absolute Gasteiger partial charge is 0.436 e. The lowest BCUT2D eigenvalue weighted by molar-refractivity contribution is 0.221. The molecular weight excluding hydrogens is 316 g/mol. The number of aryl methyl sites for hydroxylation is 2. The van der Waals surface area contributed by atoms with E-state index in [2.05, 4.69) is 38.2 Å². The van der Waals surface area contributed by atoms with Crippen LogP contribution in [0.2, 0.25) is 0 Å². The topological polar surface area (TPSA) is 68.2 Å². The molecule has 6 heteroatoms. The zero-order chi connectivity index (χ0) is 17.2. The fraction of sp³-hybridized carbons (Fsp3) is 0.421. The minimum atomic E-state index is 0.370. The molecule has 0 bridgehead atoms. The summed E-state index contributed by atoms with van der Waals surface area (Å²) in [4.78, 5) is 11.2. The zero-order valence-electron chi connectivity index (χ0n) is 14.7. The van der Waals surface area contributed by atoms with Gasteiger partial charge >= 0.3 is 0 Å². The van der Waals surface area contributed by atoms with E-state index in [1.165, 1.54) is 37.9 Å². The van der Waals surface area contributed by atoms with Crippen molar-refractivity contribution < 1.29 is 8.94 Å². The van der Waals surface area contributed by atoms with Gasteiger partial charge in [-0.1, -0.05) is 29.8 Å². The second-order valence-corrected chi connectivity index (χ2v) is 6.61. The molecule has 0 radical (unpaired) electrons. The van der Waals surface area contributed by atoms with E-state index in [9.17, 15) is 0 Å².